The molecule has 5 rings (SSSR count). The summed E-state index contributed by atoms with van der Waals surface area (Å²) in [5.74, 6) is -0.954. The van der Waals surface area contributed by atoms with Crippen LogP contribution in [0, 0.1) is 17.8 Å². The molecule has 3 heterocycles. The lowest BCUT2D eigenvalue weighted by Gasteiger charge is -2.30. The molecule has 172 valence electrons. The molecule has 1 aromatic heterocycles. The Bertz CT molecular complexity index is 1150. The van der Waals surface area contributed by atoms with Gasteiger partial charge in [-0.1, -0.05) is 36.4 Å². The van der Waals surface area contributed by atoms with Crippen LogP contribution in [-0.4, -0.2) is 46.2 Å². The maximum atomic E-state index is 13.3. The Morgan fingerprint density at radius 2 is 1.88 bits per heavy atom. The van der Waals surface area contributed by atoms with E-state index in [4.69, 9.17) is 4.74 Å². The highest BCUT2D eigenvalue weighted by Gasteiger charge is 2.58. The molecule has 2 fully saturated rings. The molecule has 1 amide bonds. The van der Waals surface area contributed by atoms with Crippen LogP contribution >= 0.6 is 0 Å². The Balaban J connectivity index is 1.52. The smallest absolute Gasteiger partial charge is 0.328 e. The molecule has 1 saturated heterocycles. The van der Waals surface area contributed by atoms with E-state index in [9.17, 15) is 19.5 Å². The Morgan fingerprint density at radius 3 is 2.55 bits per heavy atom. The van der Waals surface area contributed by atoms with Crippen molar-refractivity contribution in [3.63, 3.8) is 0 Å². The largest absolute Gasteiger partial charge is 0.467 e. The number of methoxy groups -OCH3 is 1. The van der Waals surface area contributed by atoms with Gasteiger partial charge in [0.1, 0.15) is 6.04 Å². The normalized spacial score (nSPS) is 25.8. The third-order valence-electron chi connectivity index (χ3n) is 7.25. The van der Waals surface area contributed by atoms with Crippen LogP contribution in [0.2, 0.25) is 0 Å². The van der Waals surface area contributed by atoms with Crippen LogP contribution in [-0.2, 0) is 20.9 Å². The number of hydrogen-bond acceptors (Lipinski definition) is 5. The fourth-order valence-electron chi connectivity index (χ4n) is 5.42. The summed E-state index contributed by atoms with van der Waals surface area (Å²) in [4.78, 5) is 40.9. The van der Waals surface area contributed by atoms with Gasteiger partial charge >= 0.3 is 5.97 Å². The van der Waals surface area contributed by atoms with Gasteiger partial charge in [0.2, 0.25) is 5.91 Å². The Morgan fingerprint density at radius 1 is 1.12 bits per heavy atom. The average Bonchev–Trinajstić information content (AvgIpc) is 3.47. The second-order valence-corrected chi connectivity index (χ2v) is 9.24. The fourth-order valence-corrected chi connectivity index (χ4v) is 5.42. The van der Waals surface area contributed by atoms with E-state index in [1.807, 2.05) is 42.5 Å². The van der Waals surface area contributed by atoms with Crippen LogP contribution in [0.1, 0.15) is 42.1 Å². The van der Waals surface area contributed by atoms with Crippen LogP contribution in [0.25, 0.3) is 12.2 Å². The zero-order valence-corrected chi connectivity index (χ0v) is 18.6. The number of carbonyl (C=O) groups excluding carboxylic acids is 2. The molecule has 1 saturated carbocycles. The van der Waals surface area contributed by atoms with Crippen LogP contribution in [0.5, 0.6) is 0 Å². The Hall–Kier alpha value is -3.19. The van der Waals surface area contributed by atoms with Crippen molar-refractivity contribution in [2.45, 2.75) is 37.9 Å². The number of fused-ring (bicyclic) bond motifs is 3. The number of amides is 1. The van der Waals surface area contributed by atoms with E-state index in [1.165, 1.54) is 7.11 Å². The van der Waals surface area contributed by atoms with Crippen molar-refractivity contribution in [2.24, 2.45) is 17.8 Å². The number of aliphatic hydroxyl groups is 1. The topological polar surface area (TPSA) is 88.8 Å². The molecular formula is C26H28N2O5. The minimum atomic E-state index is -0.831. The van der Waals surface area contributed by atoms with E-state index in [1.54, 1.807) is 21.6 Å². The number of hydrogen-bond donors (Lipinski definition) is 1. The molecule has 7 heteroatoms. The number of aromatic nitrogens is 1. The van der Waals surface area contributed by atoms with Crippen molar-refractivity contribution >= 4 is 24.0 Å². The molecule has 2 aliphatic heterocycles. The van der Waals surface area contributed by atoms with Gasteiger partial charge in [0.05, 0.1) is 13.2 Å². The number of pyridine rings is 1. The maximum Gasteiger partial charge on any atom is 0.328 e. The lowest BCUT2D eigenvalue weighted by molar-refractivity contribution is -0.154. The summed E-state index contributed by atoms with van der Waals surface area (Å²) in [6.07, 6.45) is 6.13. The molecule has 4 atom stereocenters. The first kappa shape index (κ1) is 21.6. The molecule has 0 unspecified atom stereocenters. The van der Waals surface area contributed by atoms with Gasteiger partial charge in [-0.15, -0.1) is 0 Å². The monoisotopic (exact) mass is 448 g/mol. The number of aliphatic hydroxyl groups excluding tert-OH is 1. The quantitative estimate of drug-likeness (QED) is 0.686. The van der Waals surface area contributed by atoms with Gasteiger partial charge in [0.15, 0.2) is 0 Å². The molecule has 2 aromatic rings. The first-order valence-electron chi connectivity index (χ1n) is 11.5. The minimum Gasteiger partial charge on any atom is -0.467 e. The van der Waals surface area contributed by atoms with Gasteiger partial charge in [-0.05, 0) is 42.5 Å². The lowest BCUT2D eigenvalue weighted by Crippen LogP contribution is -2.46. The SMILES string of the molecule is COC(=O)[C@H]1[C@H](CO)[C@H]2Cn3c(ccc(/C=C/c4ccccc4)c3=O)[C@H]2N1C(=O)CC1CC1. The number of ether oxygens (including phenoxy) is 1. The second kappa shape index (κ2) is 8.63. The Labute approximate surface area is 192 Å². The zero-order valence-electron chi connectivity index (χ0n) is 18.6. The van der Waals surface area contributed by atoms with Crippen molar-refractivity contribution in [2.75, 3.05) is 13.7 Å². The summed E-state index contributed by atoms with van der Waals surface area (Å²) < 4.78 is 6.72. The summed E-state index contributed by atoms with van der Waals surface area (Å²) in [5.41, 5.74) is 2.15. The Kier molecular flexibility index (Phi) is 5.66. The molecule has 33 heavy (non-hydrogen) atoms. The van der Waals surface area contributed by atoms with Gasteiger partial charge in [0, 0.05) is 42.7 Å². The molecule has 1 aliphatic carbocycles. The second-order valence-electron chi connectivity index (χ2n) is 9.24. The molecule has 0 spiro atoms. The number of likely N-dealkylation sites (tertiary alicyclic amines) is 1. The standard InChI is InChI=1S/C26H28N2O5/c1-33-26(32)24-20(15-29)19-14-27-21(23(19)28(24)22(30)13-17-7-8-17)12-11-18(25(27)31)10-9-16-5-3-2-4-6-16/h2-6,9-12,17,19-20,23-24,29H,7-8,13-15H2,1H3/b10-9+/t19-,20-,23+,24-/m1/s1. The summed E-state index contributed by atoms with van der Waals surface area (Å²) >= 11 is 0. The highest BCUT2D eigenvalue weighted by Crippen LogP contribution is 2.50. The van der Waals surface area contributed by atoms with E-state index in [2.05, 4.69) is 0 Å². The number of esters is 1. The summed E-state index contributed by atoms with van der Waals surface area (Å²) in [6.45, 7) is 0.107. The molecular weight excluding hydrogens is 420 g/mol. The number of benzene rings is 1. The number of rotatable bonds is 6. The van der Waals surface area contributed by atoms with Gasteiger partial charge in [-0.25, -0.2) is 4.79 Å². The van der Waals surface area contributed by atoms with Crippen LogP contribution in [0.4, 0.5) is 0 Å². The predicted octanol–water partition coefficient (Wildman–Crippen LogP) is 2.48. The highest BCUT2D eigenvalue weighted by atomic mass is 16.5. The third-order valence-corrected chi connectivity index (χ3v) is 7.25. The van der Waals surface area contributed by atoms with E-state index >= 15 is 0 Å². The van der Waals surface area contributed by atoms with E-state index in [-0.39, 0.29) is 24.0 Å². The lowest BCUT2D eigenvalue weighted by atomic mass is 9.88. The molecule has 1 N–H and O–H groups in total. The van der Waals surface area contributed by atoms with Crippen molar-refractivity contribution in [1.29, 1.82) is 0 Å². The van der Waals surface area contributed by atoms with Gasteiger partial charge < -0.3 is 19.3 Å². The van der Waals surface area contributed by atoms with Crippen molar-refractivity contribution in [1.82, 2.24) is 9.47 Å². The van der Waals surface area contributed by atoms with Gasteiger partial charge in [0.25, 0.3) is 5.56 Å². The number of carbonyl (C=O) groups is 2. The van der Waals surface area contributed by atoms with Crippen molar-refractivity contribution in [3.05, 3.63) is 69.6 Å². The first-order chi connectivity index (χ1) is 16.0. The van der Waals surface area contributed by atoms with E-state index < -0.39 is 24.0 Å². The fraction of sp³-hybridized carbons (Fsp3) is 0.423. The third kappa shape index (κ3) is 3.80. The highest BCUT2D eigenvalue weighted by molar-refractivity contribution is 5.86. The van der Waals surface area contributed by atoms with Crippen molar-refractivity contribution < 1.29 is 19.4 Å². The van der Waals surface area contributed by atoms with E-state index in [0.29, 0.717) is 24.4 Å². The molecule has 0 bridgehead atoms. The summed E-state index contributed by atoms with van der Waals surface area (Å²) in [6, 6.07) is 12.2. The number of nitrogens with zero attached hydrogens (tertiary/aromatic N) is 2. The minimum absolute atomic E-state index is 0.104. The van der Waals surface area contributed by atoms with Gasteiger partial charge in [-0.3, -0.25) is 9.59 Å². The van der Waals surface area contributed by atoms with Crippen LogP contribution in [0.3, 0.4) is 0 Å². The van der Waals surface area contributed by atoms with Crippen molar-refractivity contribution in [3.8, 4) is 0 Å². The molecule has 0 radical (unpaired) electrons. The molecule has 3 aliphatic rings. The predicted molar refractivity (Wildman–Crippen MR) is 123 cm³/mol. The van der Waals surface area contributed by atoms with Gasteiger partial charge in [-0.2, -0.15) is 0 Å². The van der Waals surface area contributed by atoms with Crippen LogP contribution < -0.4 is 5.56 Å². The maximum absolute atomic E-state index is 13.3. The molecule has 1 aromatic carbocycles. The zero-order chi connectivity index (χ0) is 23.1. The molecule has 7 nitrogen and oxygen atoms in total. The van der Waals surface area contributed by atoms with Crippen LogP contribution in [0.15, 0.2) is 47.3 Å². The summed E-state index contributed by atoms with van der Waals surface area (Å²) in [7, 11) is 1.30. The van der Waals surface area contributed by atoms with E-state index in [0.717, 1.165) is 24.1 Å². The summed E-state index contributed by atoms with van der Waals surface area (Å²) in [5, 5.41) is 10.2. The average molecular weight is 449 g/mol. The first-order valence-corrected chi connectivity index (χ1v) is 11.5.